The molecule has 2 aromatic carbocycles. The molecular weight excluding hydrogens is 356 g/mol. The largest absolute Gasteiger partial charge is 0.507 e. The number of phenols is 1. The molecule has 142 valence electrons. The lowest BCUT2D eigenvalue weighted by Crippen LogP contribution is -2.33. The van der Waals surface area contributed by atoms with Gasteiger partial charge in [0.15, 0.2) is 17.3 Å². The summed E-state index contributed by atoms with van der Waals surface area (Å²) in [6.07, 6.45) is 0.142. The maximum absolute atomic E-state index is 10.3. The lowest BCUT2D eigenvalue weighted by Gasteiger charge is -2.37. The summed E-state index contributed by atoms with van der Waals surface area (Å²) in [6.45, 7) is 1.90. The van der Waals surface area contributed by atoms with E-state index in [9.17, 15) is 5.11 Å². The molecule has 0 unspecified atom stereocenters. The number of methoxy groups -OCH3 is 1. The predicted octanol–water partition coefficient (Wildman–Crippen LogP) is 4.54. The molecule has 5 rings (SSSR count). The van der Waals surface area contributed by atoms with E-state index >= 15 is 0 Å². The summed E-state index contributed by atoms with van der Waals surface area (Å²) in [4.78, 5) is 0. The van der Waals surface area contributed by atoms with E-state index in [-0.39, 0.29) is 11.8 Å². The number of furan rings is 1. The van der Waals surface area contributed by atoms with Crippen LogP contribution in [0, 0.1) is 6.92 Å². The van der Waals surface area contributed by atoms with E-state index in [1.165, 1.54) is 0 Å². The molecule has 0 saturated heterocycles. The van der Waals surface area contributed by atoms with Gasteiger partial charge in [0, 0.05) is 17.5 Å². The molecule has 1 aromatic heterocycles. The van der Waals surface area contributed by atoms with Gasteiger partial charge in [-0.2, -0.15) is 5.10 Å². The Kier molecular flexibility index (Phi) is 3.79. The summed E-state index contributed by atoms with van der Waals surface area (Å²) in [5.41, 5.74) is 2.56. The molecule has 0 radical (unpaired) electrons. The molecule has 0 spiro atoms. The third-order valence-corrected chi connectivity index (χ3v) is 5.22. The SMILES string of the molecule is COc1cccc2c1O[C@H](c1ccc(C)o1)N1N=C(c3ccccc3O)C[C@H]21. The van der Waals surface area contributed by atoms with Crippen molar-refractivity contribution in [3.05, 3.63) is 77.2 Å². The molecule has 0 saturated carbocycles. The average molecular weight is 376 g/mol. The van der Waals surface area contributed by atoms with E-state index < -0.39 is 6.23 Å². The fourth-order valence-corrected chi connectivity index (χ4v) is 3.90. The summed E-state index contributed by atoms with van der Waals surface area (Å²) < 4.78 is 17.7. The second-order valence-corrected chi connectivity index (χ2v) is 6.96. The van der Waals surface area contributed by atoms with E-state index in [1.54, 1.807) is 19.2 Å². The van der Waals surface area contributed by atoms with E-state index in [4.69, 9.17) is 19.0 Å². The molecule has 2 aliphatic heterocycles. The number of rotatable bonds is 3. The zero-order valence-electron chi connectivity index (χ0n) is 15.6. The normalized spacial score (nSPS) is 20.2. The molecule has 0 bridgehead atoms. The molecule has 0 aliphatic carbocycles. The number of phenolic OH excluding ortho intramolecular Hbond substituents is 1. The van der Waals surface area contributed by atoms with Gasteiger partial charge in [0.05, 0.1) is 18.9 Å². The molecule has 6 heteroatoms. The van der Waals surface area contributed by atoms with Crippen molar-refractivity contribution in [3.63, 3.8) is 0 Å². The Balaban J connectivity index is 1.64. The van der Waals surface area contributed by atoms with Crippen LogP contribution in [-0.4, -0.2) is 22.9 Å². The Morgan fingerprint density at radius 3 is 2.71 bits per heavy atom. The summed E-state index contributed by atoms with van der Waals surface area (Å²) in [5, 5.41) is 17.0. The van der Waals surface area contributed by atoms with Crippen molar-refractivity contribution in [3.8, 4) is 17.2 Å². The first-order valence-electron chi connectivity index (χ1n) is 9.20. The van der Waals surface area contributed by atoms with Crippen LogP contribution in [0.2, 0.25) is 0 Å². The van der Waals surface area contributed by atoms with Gasteiger partial charge < -0.3 is 19.0 Å². The smallest absolute Gasteiger partial charge is 0.246 e. The van der Waals surface area contributed by atoms with E-state index in [0.717, 1.165) is 22.6 Å². The molecule has 2 aliphatic rings. The lowest BCUT2D eigenvalue weighted by molar-refractivity contribution is -0.0345. The average Bonchev–Trinajstić information content (AvgIpc) is 3.34. The standard InChI is InChI=1S/C22H20N2O4/c1-13-10-11-20(27-13)22-24-17(15-7-5-9-19(26-2)21(15)28-22)12-16(23-24)14-6-3-4-8-18(14)25/h3-11,17,22,25H,12H2,1-2H3/t17-,22-/m1/s1. The van der Waals surface area contributed by atoms with Crippen molar-refractivity contribution >= 4 is 5.71 Å². The van der Waals surface area contributed by atoms with Crippen LogP contribution in [-0.2, 0) is 0 Å². The van der Waals surface area contributed by atoms with Gasteiger partial charge in [0.2, 0.25) is 6.23 Å². The number of aryl methyl sites for hydroxylation is 1. The summed E-state index contributed by atoms with van der Waals surface area (Å²) in [5.74, 6) is 3.10. The highest BCUT2D eigenvalue weighted by Gasteiger charge is 2.43. The van der Waals surface area contributed by atoms with Crippen molar-refractivity contribution in [1.82, 2.24) is 5.01 Å². The predicted molar refractivity (Wildman–Crippen MR) is 104 cm³/mol. The molecule has 3 aromatic rings. The number of hydrogen-bond donors (Lipinski definition) is 1. The molecule has 6 nitrogen and oxygen atoms in total. The first kappa shape index (κ1) is 16.7. The van der Waals surface area contributed by atoms with Crippen molar-refractivity contribution in [2.75, 3.05) is 7.11 Å². The fraction of sp³-hybridized carbons (Fsp3) is 0.227. The minimum absolute atomic E-state index is 0.0381. The maximum atomic E-state index is 10.3. The highest BCUT2D eigenvalue weighted by Crippen LogP contribution is 2.51. The highest BCUT2D eigenvalue weighted by atomic mass is 16.5. The third-order valence-electron chi connectivity index (χ3n) is 5.22. The summed E-state index contributed by atoms with van der Waals surface area (Å²) >= 11 is 0. The number of benzene rings is 2. The van der Waals surface area contributed by atoms with Gasteiger partial charge in [0.1, 0.15) is 11.5 Å². The van der Waals surface area contributed by atoms with Crippen molar-refractivity contribution < 1.29 is 19.0 Å². The number of nitrogens with zero attached hydrogens (tertiary/aromatic N) is 2. The second-order valence-electron chi connectivity index (χ2n) is 6.96. The maximum Gasteiger partial charge on any atom is 0.246 e. The van der Waals surface area contributed by atoms with Crippen molar-refractivity contribution in [2.45, 2.75) is 25.6 Å². The van der Waals surface area contributed by atoms with Crippen LogP contribution in [0.4, 0.5) is 0 Å². The van der Waals surface area contributed by atoms with E-state index in [0.29, 0.717) is 23.7 Å². The molecule has 2 atom stereocenters. The Hall–Kier alpha value is -3.41. The summed E-state index contributed by atoms with van der Waals surface area (Å²) in [6, 6.07) is 16.9. The van der Waals surface area contributed by atoms with Gasteiger partial charge in [-0.05, 0) is 37.3 Å². The Labute approximate surface area is 162 Å². The van der Waals surface area contributed by atoms with Gasteiger partial charge in [-0.25, -0.2) is 5.01 Å². The fourth-order valence-electron chi connectivity index (χ4n) is 3.90. The number of hydrazone groups is 1. The van der Waals surface area contributed by atoms with Crippen LogP contribution >= 0.6 is 0 Å². The van der Waals surface area contributed by atoms with Crippen LogP contribution in [0.25, 0.3) is 0 Å². The van der Waals surface area contributed by atoms with Gasteiger partial charge in [-0.3, -0.25) is 0 Å². The second kappa shape index (κ2) is 6.34. The first-order valence-corrected chi connectivity index (χ1v) is 9.20. The minimum Gasteiger partial charge on any atom is -0.507 e. The van der Waals surface area contributed by atoms with E-state index in [2.05, 4.69) is 0 Å². The highest BCUT2D eigenvalue weighted by molar-refractivity contribution is 6.04. The summed E-state index contributed by atoms with van der Waals surface area (Å²) in [7, 11) is 1.63. The van der Waals surface area contributed by atoms with Crippen LogP contribution in [0.3, 0.4) is 0 Å². The number of ether oxygens (including phenoxy) is 2. The number of para-hydroxylation sites is 2. The zero-order valence-corrected chi connectivity index (χ0v) is 15.6. The van der Waals surface area contributed by atoms with Crippen LogP contribution in [0.5, 0.6) is 17.2 Å². The third kappa shape index (κ3) is 2.52. The Morgan fingerprint density at radius 2 is 1.96 bits per heavy atom. The van der Waals surface area contributed by atoms with Gasteiger partial charge in [-0.1, -0.05) is 24.3 Å². The quantitative estimate of drug-likeness (QED) is 0.727. The molecule has 0 fully saturated rings. The molecule has 1 N–H and O–H groups in total. The topological polar surface area (TPSA) is 67.4 Å². The first-order chi connectivity index (χ1) is 13.7. The Bertz CT molecular complexity index is 1070. The van der Waals surface area contributed by atoms with Gasteiger partial charge in [-0.15, -0.1) is 0 Å². The van der Waals surface area contributed by atoms with Crippen LogP contribution < -0.4 is 9.47 Å². The number of hydrogen-bond acceptors (Lipinski definition) is 6. The minimum atomic E-state index is -0.508. The van der Waals surface area contributed by atoms with Crippen LogP contribution in [0.15, 0.2) is 64.1 Å². The zero-order chi connectivity index (χ0) is 19.3. The molecular formula is C22H20N2O4. The van der Waals surface area contributed by atoms with E-state index in [1.807, 2.05) is 54.4 Å². The Morgan fingerprint density at radius 1 is 1.11 bits per heavy atom. The van der Waals surface area contributed by atoms with Gasteiger partial charge >= 0.3 is 0 Å². The lowest BCUT2D eigenvalue weighted by atomic mass is 9.95. The number of aromatic hydroxyl groups is 1. The van der Waals surface area contributed by atoms with Gasteiger partial charge in [0.25, 0.3) is 0 Å². The van der Waals surface area contributed by atoms with Crippen molar-refractivity contribution in [2.24, 2.45) is 5.10 Å². The monoisotopic (exact) mass is 376 g/mol. The van der Waals surface area contributed by atoms with Crippen molar-refractivity contribution in [1.29, 1.82) is 0 Å². The number of fused-ring (bicyclic) bond motifs is 3. The van der Waals surface area contributed by atoms with Crippen LogP contribution in [0.1, 0.15) is 41.3 Å². The molecule has 28 heavy (non-hydrogen) atoms. The molecule has 3 heterocycles. The molecule has 0 amide bonds.